The highest BCUT2D eigenvalue weighted by atomic mass is 35.5. The van der Waals surface area contributed by atoms with Gasteiger partial charge in [0, 0.05) is 29.5 Å². The fraction of sp³-hybridized carbons (Fsp3) is 0.182. The third-order valence-electron chi connectivity index (χ3n) is 4.29. The van der Waals surface area contributed by atoms with Gasteiger partial charge in [0.15, 0.2) is 0 Å². The number of aromatic nitrogens is 1. The highest BCUT2D eigenvalue weighted by Gasteiger charge is 2.10. The van der Waals surface area contributed by atoms with Gasteiger partial charge in [0.1, 0.15) is 5.69 Å². The molecule has 0 aliphatic rings. The molecule has 0 saturated heterocycles. The maximum absolute atomic E-state index is 12.4. The van der Waals surface area contributed by atoms with Crippen molar-refractivity contribution in [2.75, 3.05) is 11.9 Å². The van der Waals surface area contributed by atoms with Crippen LogP contribution in [-0.2, 0) is 6.42 Å². The number of nitrogens with one attached hydrogen (secondary N) is 2. The number of hydrogen-bond donors (Lipinski definition) is 2. The van der Waals surface area contributed by atoms with Crippen molar-refractivity contribution in [2.24, 2.45) is 0 Å². The SMILES string of the molecule is CC(Nc1ccnc(C(=O)NCCc2ccc(Cl)cc2)c1)c1ccccc1. The molecule has 0 aliphatic carbocycles. The van der Waals surface area contributed by atoms with Crippen molar-refractivity contribution >= 4 is 23.2 Å². The minimum absolute atomic E-state index is 0.134. The highest BCUT2D eigenvalue weighted by Crippen LogP contribution is 2.19. The lowest BCUT2D eigenvalue weighted by Gasteiger charge is -2.16. The molecule has 0 aliphatic heterocycles. The van der Waals surface area contributed by atoms with Gasteiger partial charge >= 0.3 is 0 Å². The third-order valence-corrected chi connectivity index (χ3v) is 4.54. The van der Waals surface area contributed by atoms with Crippen molar-refractivity contribution in [3.8, 4) is 0 Å². The predicted octanol–water partition coefficient (Wildman–Crippen LogP) is 4.88. The standard InChI is InChI=1S/C22H22ClN3O/c1-16(18-5-3-2-4-6-18)26-20-12-14-24-21(15-20)22(27)25-13-11-17-7-9-19(23)10-8-17/h2-10,12,14-16H,11,13H2,1H3,(H,24,26)(H,25,27). The molecule has 0 saturated carbocycles. The Morgan fingerprint density at radius 1 is 1.07 bits per heavy atom. The van der Waals surface area contributed by atoms with Gasteiger partial charge in [-0.05, 0) is 48.7 Å². The lowest BCUT2D eigenvalue weighted by molar-refractivity contribution is 0.0949. The fourth-order valence-corrected chi connectivity index (χ4v) is 2.91. The third kappa shape index (κ3) is 5.56. The topological polar surface area (TPSA) is 54.0 Å². The Labute approximate surface area is 164 Å². The van der Waals surface area contributed by atoms with Gasteiger partial charge in [-0.2, -0.15) is 0 Å². The average molecular weight is 380 g/mol. The van der Waals surface area contributed by atoms with Crippen LogP contribution < -0.4 is 10.6 Å². The van der Waals surface area contributed by atoms with E-state index in [1.165, 1.54) is 5.56 Å². The Morgan fingerprint density at radius 3 is 2.56 bits per heavy atom. The number of hydrogen-bond acceptors (Lipinski definition) is 3. The summed E-state index contributed by atoms with van der Waals surface area (Å²) in [6, 6.07) is 21.6. The van der Waals surface area contributed by atoms with E-state index in [1.54, 1.807) is 12.3 Å². The summed E-state index contributed by atoms with van der Waals surface area (Å²) in [7, 11) is 0. The number of pyridine rings is 1. The van der Waals surface area contributed by atoms with Crippen molar-refractivity contribution in [1.29, 1.82) is 0 Å². The second-order valence-electron chi connectivity index (χ2n) is 6.34. The summed E-state index contributed by atoms with van der Waals surface area (Å²) in [6.07, 6.45) is 2.39. The molecule has 1 heterocycles. The first-order chi connectivity index (χ1) is 13.1. The van der Waals surface area contributed by atoms with Gasteiger partial charge in [-0.1, -0.05) is 54.1 Å². The molecule has 4 nitrogen and oxygen atoms in total. The van der Waals surface area contributed by atoms with Crippen LogP contribution in [0, 0.1) is 0 Å². The number of carbonyl (C=O) groups excluding carboxylic acids is 1. The molecule has 2 aromatic carbocycles. The average Bonchev–Trinajstić information content (AvgIpc) is 2.70. The lowest BCUT2D eigenvalue weighted by atomic mass is 10.1. The van der Waals surface area contributed by atoms with E-state index in [2.05, 4.69) is 34.7 Å². The van der Waals surface area contributed by atoms with Crippen LogP contribution in [0.2, 0.25) is 5.02 Å². The van der Waals surface area contributed by atoms with Crippen LogP contribution >= 0.6 is 11.6 Å². The van der Waals surface area contributed by atoms with Crippen LogP contribution in [0.4, 0.5) is 5.69 Å². The molecule has 27 heavy (non-hydrogen) atoms. The predicted molar refractivity (Wildman–Crippen MR) is 110 cm³/mol. The molecule has 1 unspecified atom stereocenters. The monoisotopic (exact) mass is 379 g/mol. The van der Waals surface area contributed by atoms with E-state index < -0.39 is 0 Å². The number of carbonyl (C=O) groups is 1. The molecule has 1 atom stereocenters. The fourth-order valence-electron chi connectivity index (χ4n) is 2.78. The number of nitrogens with zero attached hydrogens (tertiary/aromatic N) is 1. The molecule has 3 rings (SSSR count). The summed E-state index contributed by atoms with van der Waals surface area (Å²) in [5, 5.41) is 7.03. The molecule has 0 radical (unpaired) electrons. The molecule has 0 bridgehead atoms. The molecule has 0 spiro atoms. The van der Waals surface area contributed by atoms with Gasteiger partial charge in [0.05, 0.1) is 0 Å². The number of benzene rings is 2. The van der Waals surface area contributed by atoms with Crippen molar-refractivity contribution in [1.82, 2.24) is 10.3 Å². The number of halogens is 1. The van der Waals surface area contributed by atoms with Crippen LogP contribution in [0.15, 0.2) is 72.9 Å². The molecule has 1 amide bonds. The van der Waals surface area contributed by atoms with Gasteiger partial charge in [-0.25, -0.2) is 0 Å². The minimum atomic E-state index is -0.181. The lowest BCUT2D eigenvalue weighted by Crippen LogP contribution is -2.26. The maximum atomic E-state index is 12.4. The zero-order valence-corrected chi connectivity index (χ0v) is 15.9. The zero-order valence-electron chi connectivity index (χ0n) is 15.2. The Morgan fingerprint density at radius 2 is 1.81 bits per heavy atom. The molecule has 138 valence electrons. The van der Waals surface area contributed by atoms with Gasteiger partial charge in [0.25, 0.3) is 5.91 Å². The number of rotatable bonds is 7. The first kappa shape index (κ1) is 18.9. The van der Waals surface area contributed by atoms with E-state index in [1.807, 2.05) is 48.5 Å². The van der Waals surface area contributed by atoms with Gasteiger partial charge < -0.3 is 10.6 Å². The van der Waals surface area contributed by atoms with E-state index in [0.29, 0.717) is 17.3 Å². The van der Waals surface area contributed by atoms with Crippen LogP contribution in [0.3, 0.4) is 0 Å². The largest absolute Gasteiger partial charge is 0.378 e. The van der Waals surface area contributed by atoms with Crippen LogP contribution in [-0.4, -0.2) is 17.4 Å². The second kappa shape index (κ2) is 9.19. The van der Waals surface area contributed by atoms with E-state index >= 15 is 0 Å². The molecular weight excluding hydrogens is 358 g/mol. The molecule has 2 N–H and O–H groups in total. The maximum Gasteiger partial charge on any atom is 0.269 e. The normalized spacial score (nSPS) is 11.6. The summed E-state index contributed by atoms with van der Waals surface area (Å²) in [4.78, 5) is 16.6. The zero-order chi connectivity index (χ0) is 19.1. The first-order valence-corrected chi connectivity index (χ1v) is 9.30. The van der Waals surface area contributed by atoms with Crippen molar-refractivity contribution in [3.05, 3.63) is 94.8 Å². The Balaban J connectivity index is 1.56. The summed E-state index contributed by atoms with van der Waals surface area (Å²) in [6.45, 7) is 2.63. The quantitative estimate of drug-likeness (QED) is 0.615. The smallest absolute Gasteiger partial charge is 0.269 e. The van der Waals surface area contributed by atoms with E-state index in [-0.39, 0.29) is 11.9 Å². The van der Waals surface area contributed by atoms with Crippen LogP contribution in [0.1, 0.15) is 34.6 Å². The molecular formula is C22H22ClN3O. The van der Waals surface area contributed by atoms with Gasteiger partial charge in [-0.15, -0.1) is 0 Å². The van der Waals surface area contributed by atoms with Crippen LogP contribution in [0.5, 0.6) is 0 Å². The second-order valence-corrected chi connectivity index (χ2v) is 6.78. The first-order valence-electron chi connectivity index (χ1n) is 8.92. The molecule has 3 aromatic rings. The van der Waals surface area contributed by atoms with Crippen molar-refractivity contribution in [2.45, 2.75) is 19.4 Å². The summed E-state index contributed by atoms with van der Waals surface area (Å²) < 4.78 is 0. The summed E-state index contributed by atoms with van der Waals surface area (Å²) in [5.41, 5.74) is 3.57. The minimum Gasteiger partial charge on any atom is -0.378 e. The molecule has 5 heteroatoms. The Hall–Kier alpha value is -2.85. The van der Waals surface area contributed by atoms with E-state index in [4.69, 9.17) is 11.6 Å². The van der Waals surface area contributed by atoms with Gasteiger partial charge in [-0.3, -0.25) is 9.78 Å². The van der Waals surface area contributed by atoms with Gasteiger partial charge in [0.2, 0.25) is 0 Å². The Kier molecular flexibility index (Phi) is 6.44. The van der Waals surface area contributed by atoms with E-state index in [0.717, 1.165) is 17.7 Å². The summed E-state index contributed by atoms with van der Waals surface area (Å²) >= 11 is 5.88. The van der Waals surface area contributed by atoms with Crippen LogP contribution in [0.25, 0.3) is 0 Å². The number of amides is 1. The highest BCUT2D eigenvalue weighted by molar-refractivity contribution is 6.30. The number of anilines is 1. The van der Waals surface area contributed by atoms with Crippen molar-refractivity contribution in [3.63, 3.8) is 0 Å². The van der Waals surface area contributed by atoms with Crippen molar-refractivity contribution < 1.29 is 4.79 Å². The van der Waals surface area contributed by atoms with E-state index in [9.17, 15) is 4.79 Å². The summed E-state index contributed by atoms with van der Waals surface area (Å²) in [5.74, 6) is -0.181. The Bertz CT molecular complexity index is 882. The molecule has 1 aromatic heterocycles. The molecule has 0 fully saturated rings.